The number of Topliss-reactive ketones (excluding diaryl/α,β-unsaturated/α-hetero) is 1. The quantitative estimate of drug-likeness (QED) is 0.594. The second-order valence-electron chi connectivity index (χ2n) is 7.15. The molecule has 142 valence electrons. The van der Waals surface area contributed by atoms with Crippen LogP contribution in [0.15, 0.2) is 46.9 Å². The summed E-state index contributed by atoms with van der Waals surface area (Å²) in [7, 11) is 0. The van der Waals surface area contributed by atoms with E-state index in [2.05, 4.69) is 26.3 Å². The molecule has 1 atom stereocenters. The van der Waals surface area contributed by atoms with Gasteiger partial charge in [0.2, 0.25) is 5.91 Å². The summed E-state index contributed by atoms with van der Waals surface area (Å²) in [6.45, 7) is 5.96. The number of hydrogen-bond donors (Lipinski definition) is 1. The van der Waals surface area contributed by atoms with E-state index in [1.54, 1.807) is 16.8 Å². The van der Waals surface area contributed by atoms with Gasteiger partial charge in [0, 0.05) is 22.0 Å². The number of nitrogens with one attached hydrogen (secondary N) is 1. The van der Waals surface area contributed by atoms with Gasteiger partial charge in [0.15, 0.2) is 5.78 Å². The fraction of sp³-hybridized carbons (Fsp3) is 0.227. The summed E-state index contributed by atoms with van der Waals surface area (Å²) in [5.74, 6) is -0.177. The van der Waals surface area contributed by atoms with Gasteiger partial charge in [-0.15, -0.1) is 0 Å². The van der Waals surface area contributed by atoms with Crippen LogP contribution < -0.4 is 5.32 Å². The number of anilines is 1. The molecule has 2 aromatic carbocycles. The molecule has 0 bridgehead atoms. The van der Waals surface area contributed by atoms with E-state index in [0.29, 0.717) is 11.4 Å². The second-order valence-corrected chi connectivity index (χ2v) is 8.07. The van der Waals surface area contributed by atoms with Gasteiger partial charge in [0.05, 0.1) is 17.3 Å². The van der Waals surface area contributed by atoms with E-state index < -0.39 is 5.92 Å². The summed E-state index contributed by atoms with van der Waals surface area (Å²) < 4.78 is 2.66. The normalized spacial score (nSPS) is 15.9. The Kier molecular flexibility index (Phi) is 4.67. The van der Waals surface area contributed by atoms with Gasteiger partial charge in [-0.2, -0.15) is 5.10 Å². The van der Waals surface area contributed by atoms with Crippen molar-refractivity contribution in [3.8, 4) is 5.69 Å². The van der Waals surface area contributed by atoms with Gasteiger partial charge in [-0.25, -0.2) is 4.68 Å². The van der Waals surface area contributed by atoms with Crippen molar-refractivity contribution in [2.24, 2.45) is 0 Å². The molecular weight excluding hydrogens is 418 g/mol. The van der Waals surface area contributed by atoms with Crippen LogP contribution in [0, 0.1) is 20.8 Å². The number of carbonyl (C=O) groups is 2. The fourth-order valence-electron chi connectivity index (χ4n) is 3.73. The minimum Gasteiger partial charge on any atom is -0.310 e. The first-order valence-electron chi connectivity index (χ1n) is 9.12. The number of ketones is 1. The Bertz CT molecular complexity index is 1100. The minimum atomic E-state index is -0.538. The first-order chi connectivity index (χ1) is 13.4. The van der Waals surface area contributed by atoms with Gasteiger partial charge in [-0.3, -0.25) is 9.59 Å². The van der Waals surface area contributed by atoms with E-state index in [1.807, 2.05) is 51.1 Å². The lowest BCUT2D eigenvalue weighted by Gasteiger charge is -2.23. The highest BCUT2D eigenvalue weighted by Gasteiger charge is 2.36. The Morgan fingerprint density at radius 1 is 1.14 bits per heavy atom. The summed E-state index contributed by atoms with van der Waals surface area (Å²) in [5, 5.41) is 7.62. The van der Waals surface area contributed by atoms with E-state index in [-0.39, 0.29) is 18.1 Å². The van der Waals surface area contributed by atoms with Crippen molar-refractivity contribution in [3.63, 3.8) is 0 Å². The molecule has 0 spiro atoms. The highest BCUT2D eigenvalue weighted by molar-refractivity contribution is 9.10. The van der Waals surface area contributed by atoms with Gasteiger partial charge in [0.1, 0.15) is 5.82 Å². The molecule has 1 aliphatic heterocycles. The molecule has 4 rings (SSSR count). The monoisotopic (exact) mass is 437 g/mol. The van der Waals surface area contributed by atoms with Crippen molar-refractivity contribution in [2.75, 3.05) is 5.32 Å². The summed E-state index contributed by atoms with van der Waals surface area (Å²) >= 11 is 3.39. The molecule has 2 heterocycles. The van der Waals surface area contributed by atoms with Crippen molar-refractivity contribution in [3.05, 3.63) is 74.9 Å². The van der Waals surface area contributed by atoms with Crippen molar-refractivity contribution >= 4 is 33.4 Å². The summed E-state index contributed by atoms with van der Waals surface area (Å²) in [4.78, 5) is 25.7. The van der Waals surface area contributed by atoms with Crippen LogP contribution in [0.5, 0.6) is 0 Å². The van der Waals surface area contributed by atoms with E-state index in [0.717, 1.165) is 32.5 Å². The van der Waals surface area contributed by atoms with Crippen LogP contribution in [0.2, 0.25) is 0 Å². The number of aromatic nitrogens is 2. The van der Waals surface area contributed by atoms with Crippen molar-refractivity contribution in [2.45, 2.75) is 33.1 Å². The molecule has 3 aromatic rings. The molecular formula is C22H20BrN3O2. The topological polar surface area (TPSA) is 64.0 Å². The molecule has 0 saturated heterocycles. The zero-order valence-corrected chi connectivity index (χ0v) is 17.5. The Morgan fingerprint density at radius 2 is 1.86 bits per heavy atom. The van der Waals surface area contributed by atoms with E-state index in [1.165, 1.54) is 0 Å². The third-order valence-electron chi connectivity index (χ3n) is 5.35. The third kappa shape index (κ3) is 3.07. The lowest BCUT2D eigenvalue weighted by molar-refractivity contribution is -0.116. The number of amides is 1. The third-order valence-corrected chi connectivity index (χ3v) is 5.88. The van der Waals surface area contributed by atoms with Crippen molar-refractivity contribution in [1.29, 1.82) is 0 Å². The summed E-state index contributed by atoms with van der Waals surface area (Å²) in [5.41, 5.74) is 5.28. The van der Waals surface area contributed by atoms with Crippen LogP contribution in [0.3, 0.4) is 0 Å². The van der Waals surface area contributed by atoms with Crippen LogP contribution >= 0.6 is 15.9 Å². The Hall–Kier alpha value is -2.73. The first-order valence-corrected chi connectivity index (χ1v) is 9.92. The smallest absolute Gasteiger partial charge is 0.226 e. The maximum atomic E-state index is 13.2. The standard InChI is InChI=1S/C22H20BrN3O2/c1-12-5-4-6-18(13(12)2)26-22-20(14(3)25-26)17(11-19(27)24-22)21(28)15-7-9-16(23)10-8-15/h4-10,17H,11H2,1-3H3,(H,24,27)/t17-/m0/s1. The van der Waals surface area contributed by atoms with Crippen LogP contribution in [0.1, 0.15) is 45.1 Å². The molecule has 1 aliphatic rings. The number of aryl methyl sites for hydroxylation is 2. The molecule has 0 fully saturated rings. The number of nitrogens with zero attached hydrogens (tertiary/aromatic N) is 2. The van der Waals surface area contributed by atoms with Gasteiger partial charge >= 0.3 is 0 Å². The number of halogens is 1. The second kappa shape index (κ2) is 7.02. The molecule has 1 N–H and O–H groups in total. The van der Waals surface area contributed by atoms with E-state index >= 15 is 0 Å². The molecule has 0 radical (unpaired) electrons. The van der Waals surface area contributed by atoms with Gasteiger partial charge < -0.3 is 5.32 Å². The van der Waals surface area contributed by atoms with Crippen molar-refractivity contribution < 1.29 is 9.59 Å². The Morgan fingerprint density at radius 3 is 2.57 bits per heavy atom. The number of benzene rings is 2. The largest absolute Gasteiger partial charge is 0.310 e. The highest BCUT2D eigenvalue weighted by atomic mass is 79.9. The van der Waals surface area contributed by atoms with Gasteiger partial charge in [-0.05, 0) is 50.1 Å². The van der Waals surface area contributed by atoms with Crippen LogP contribution in [-0.2, 0) is 4.79 Å². The number of hydrogen-bond acceptors (Lipinski definition) is 3. The Balaban J connectivity index is 1.84. The molecule has 1 amide bonds. The average molecular weight is 438 g/mol. The summed E-state index contributed by atoms with van der Waals surface area (Å²) in [6.07, 6.45) is 0.126. The Labute approximate surface area is 171 Å². The minimum absolute atomic E-state index is 0.0628. The lowest BCUT2D eigenvalue weighted by Crippen LogP contribution is -2.28. The maximum absolute atomic E-state index is 13.2. The molecule has 28 heavy (non-hydrogen) atoms. The predicted molar refractivity (Wildman–Crippen MR) is 112 cm³/mol. The van der Waals surface area contributed by atoms with Crippen molar-refractivity contribution in [1.82, 2.24) is 9.78 Å². The lowest BCUT2D eigenvalue weighted by atomic mass is 9.85. The maximum Gasteiger partial charge on any atom is 0.226 e. The molecule has 0 unspecified atom stereocenters. The predicted octanol–water partition coefficient (Wildman–Crippen LogP) is 4.87. The van der Waals surface area contributed by atoms with Crippen LogP contribution in [0.25, 0.3) is 5.69 Å². The average Bonchev–Trinajstić information content (AvgIpc) is 2.99. The SMILES string of the molecule is Cc1cccc(-n2nc(C)c3c2NC(=O)C[C@@H]3C(=O)c2ccc(Br)cc2)c1C. The molecule has 6 heteroatoms. The van der Waals surface area contributed by atoms with Crippen LogP contribution in [-0.4, -0.2) is 21.5 Å². The number of rotatable bonds is 3. The molecule has 1 aromatic heterocycles. The zero-order valence-electron chi connectivity index (χ0n) is 15.9. The van der Waals surface area contributed by atoms with Crippen LogP contribution in [0.4, 0.5) is 5.82 Å². The van der Waals surface area contributed by atoms with E-state index in [9.17, 15) is 9.59 Å². The summed E-state index contributed by atoms with van der Waals surface area (Å²) in [6, 6.07) is 13.2. The van der Waals surface area contributed by atoms with E-state index in [4.69, 9.17) is 0 Å². The number of fused-ring (bicyclic) bond motifs is 1. The van der Waals surface area contributed by atoms with Gasteiger partial charge in [-0.1, -0.05) is 40.2 Å². The highest BCUT2D eigenvalue weighted by Crippen LogP contribution is 2.38. The first kappa shape index (κ1) is 18.6. The van der Waals surface area contributed by atoms with Gasteiger partial charge in [0.25, 0.3) is 0 Å². The fourth-order valence-corrected chi connectivity index (χ4v) is 3.99. The molecule has 5 nitrogen and oxygen atoms in total. The number of carbonyl (C=O) groups excluding carboxylic acids is 2. The molecule has 0 aliphatic carbocycles. The molecule has 0 saturated carbocycles. The zero-order chi connectivity index (χ0) is 20.0.